The Morgan fingerprint density at radius 2 is 1.95 bits per heavy atom. The van der Waals surface area contributed by atoms with Gasteiger partial charge in [-0.1, -0.05) is 32.9 Å². The predicted octanol–water partition coefficient (Wildman–Crippen LogP) is 4.38. The van der Waals surface area contributed by atoms with Crippen molar-refractivity contribution >= 4 is 5.69 Å². The van der Waals surface area contributed by atoms with E-state index in [1.807, 2.05) is 0 Å². The molecule has 1 aromatic carbocycles. The van der Waals surface area contributed by atoms with Crippen LogP contribution in [-0.2, 0) is 6.42 Å². The lowest BCUT2D eigenvalue weighted by Crippen LogP contribution is -2.45. The van der Waals surface area contributed by atoms with Gasteiger partial charge in [0.15, 0.2) is 0 Å². The molecule has 2 nitrogen and oxygen atoms in total. The van der Waals surface area contributed by atoms with Crippen molar-refractivity contribution in [3.8, 4) is 6.07 Å². The molecule has 20 heavy (non-hydrogen) atoms. The quantitative estimate of drug-likeness (QED) is 0.883. The van der Waals surface area contributed by atoms with Gasteiger partial charge in [-0.3, -0.25) is 0 Å². The van der Waals surface area contributed by atoms with Gasteiger partial charge in [0.25, 0.3) is 0 Å². The number of hydrogen-bond acceptors (Lipinski definition) is 2. The smallest absolute Gasteiger partial charge is 0.0669 e. The minimum Gasteiger partial charge on any atom is -0.381 e. The number of rotatable bonds is 3. The fraction of sp³-hybridized carbons (Fsp3) is 0.611. The van der Waals surface area contributed by atoms with Crippen LogP contribution < -0.4 is 5.32 Å². The van der Waals surface area contributed by atoms with Crippen molar-refractivity contribution in [2.24, 2.45) is 16.7 Å². The Kier molecular flexibility index (Phi) is 3.05. The molecule has 1 aromatic rings. The van der Waals surface area contributed by atoms with Crippen molar-refractivity contribution in [2.45, 2.75) is 52.5 Å². The number of fused-ring (bicyclic) bond motifs is 2. The van der Waals surface area contributed by atoms with Gasteiger partial charge in [-0.15, -0.1) is 0 Å². The standard InChI is InChI=1S/C18H24N2/c1-17(2)14-8-10-18(3,12-14)16(17)20-15-6-4-13(5-7-15)9-11-19/h4-7,14,16,20H,8-10,12H2,1-3H3/t14-,16?,18+/m0/s1. The first-order valence-electron chi connectivity index (χ1n) is 7.68. The molecule has 0 heterocycles. The van der Waals surface area contributed by atoms with E-state index in [1.165, 1.54) is 24.9 Å². The van der Waals surface area contributed by atoms with Crippen molar-refractivity contribution in [3.63, 3.8) is 0 Å². The minimum atomic E-state index is 0.373. The zero-order valence-corrected chi connectivity index (χ0v) is 12.7. The third-order valence-electron chi connectivity index (χ3n) is 5.82. The Hall–Kier alpha value is -1.49. The van der Waals surface area contributed by atoms with Gasteiger partial charge in [0.2, 0.25) is 0 Å². The molecule has 2 bridgehead atoms. The molecular weight excluding hydrogens is 244 g/mol. The molecule has 2 saturated carbocycles. The lowest BCUT2D eigenvalue weighted by Gasteiger charge is -2.43. The molecule has 106 valence electrons. The summed E-state index contributed by atoms with van der Waals surface area (Å²) in [6.07, 6.45) is 4.60. The van der Waals surface area contributed by atoms with E-state index < -0.39 is 0 Å². The van der Waals surface area contributed by atoms with Crippen LogP contribution >= 0.6 is 0 Å². The Bertz CT molecular complexity index is 533. The van der Waals surface area contributed by atoms with E-state index in [-0.39, 0.29) is 0 Å². The largest absolute Gasteiger partial charge is 0.381 e. The van der Waals surface area contributed by atoms with Crippen LogP contribution in [0.5, 0.6) is 0 Å². The lowest BCUT2D eigenvalue weighted by atomic mass is 9.68. The molecule has 0 aromatic heterocycles. The van der Waals surface area contributed by atoms with Crippen LogP contribution in [-0.4, -0.2) is 6.04 Å². The Morgan fingerprint density at radius 3 is 2.50 bits per heavy atom. The van der Waals surface area contributed by atoms with Crippen LogP contribution in [0.2, 0.25) is 0 Å². The molecule has 3 rings (SSSR count). The highest BCUT2D eigenvalue weighted by Crippen LogP contribution is 2.63. The van der Waals surface area contributed by atoms with Gasteiger partial charge >= 0.3 is 0 Å². The predicted molar refractivity (Wildman–Crippen MR) is 82.4 cm³/mol. The van der Waals surface area contributed by atoms with Gasteiger partial charge in [-0.25, -0.2) is 0 Å². The molecule has 2 heteroatoms. The number of nitriles is 1. The summed E-state index contributed by atoms with van der Waals surface area (Å²) >= 11 is 0. The second-order valence-corrected chi connectivity index (χ2v) is 7.52. The zero-order chi connectivity index (χ0) is 14.4. The summed E-state index contributed by atoms with van der Waals surface area (Å²) in [4.78, 5) is 0. The third kappa shape index (κ3) is 2.00. The molecule has 1 N–H and O–H groups in total. The maximum absolute atomic E-state index is 8.73. The molecule has 2 aliphatic rings. The van der Waals surface area contributed by atoms with E-state index in [2.05, 4.69) is 56.4 Å². The van der Waals surface area contributed by atoms with Crippen LogP contribution in [0.1, 0.15) is 45.6 Å². The molecule has 2 aliphatic carbocycles. The first-order chi connectivity index (χ1) is 9.45. The number of anilines is 1. The van der Waals surface area contributed by atoms with Crippen molar-refractivity contribution < 1.29 is 0 Å². The summed E-state index contributed by atoms with van der Waals surface area (Å²) in [7, 11) is 0. The van der Waals surface area contributed by atoms with Gasteiger partial charge < -0.3 is 5.32 Å². The summed E-state index contributed by atoms with van der Waals surface area (Å²) in [5.41, 5.74) is 3.10. The summed E-state index contributed by atoms with van der Waals surface area (Å²) in [6.45, 7) is 7.29. The monoisotopic (exact) mass is 268 g/mol. The number of hydrogen-bond donors (Lipinski definition) is 1. The second kappa shape index (κ2) is 4.52. The average molecular weight is 268 g/mol. The topological polar surface area (TPSA) is 35.8 Å². The van der Waals surface area contributed by atoms with Crippen LogP contribution in [0.3, 0.4) is 0 Å². The van der Waals surface area contributed by atoms with Crippen molar-refractivity contribution in [2.75, 3.05) is 5.32 Å². The maximum atomic E-state index is 8.73. The average Bonchev–Trinajstić information content (AvgIpc) is 2.88. The molecule has 2 fully saturated rings. The lowest BCUT2D eigenvalue weighted by molar-refractivity contribution is 0.155. The summed E-state index contributed by atoms with van der Waals surface area (Å²) in [6, 6.07) is 11.1. The highest BCUT2D eigenvalue weighted by molar-refractivity contribution is 5.47. The molecule has 3 atom stereocenters. The fourth-order valence-electron chi connectivity index (χ4n) is 4.64. The highest BCUT2D eigenvalue weighted by atomic mass is 15.0. The van der Waals surface area contributed by atoms with Gasteiger partial charge in [0.05, 0.1) is 12.5 Å². The molecule has 0 aliphatic heterocycles. The van der Waals surface area contributed by atoms with Crippen molar-refractivity contribution in [1.29, 1.82) is 5.26 Å². The number of nitrogens with one attached hydrogen (secondary N) is 1. The van der Waals surface area contributed by atoms with E-state index in [9.17, 15) is 0 Å². The summed E-state index contributed by atoms with van der Waals surface area (Å²) in [5, 5.41) is 12.5. The molecule has 0 spiro atoms. The van der Waals surface area contributed by atoms with E-state index >= 15 is 0 Å². The van der Waals surface area contributed by atoms with Gasteiger partial charge in [-0.2, -0.15) is 5.26 Å². The van der Waals surface area contributed by atoms with E-state index in [0.717, 1.165) is 11.5 Å². The van der Waals surface area contributed by atoms with Crippen molar-refractivity contribution in [3.05, 3.63) is 29.8 Å². The van der Waals surface area contributed by atoms with E-state index in [0.29, 0.717) is 23.3 Å². The molecule has 1 unspecified atom stereocenters. The molecule has 0 saturated heterocycles. The first kappa shape index (κ1) is 13.5. The van der Waals surface area contributed by atoms with Gasteiger partial charge in [-0.05, 0) is 53.7 Å². The highest BCUT2D eigenvalue weighted by Gasteiger charge is 2.59. The Labute approximate surface area is 122 Å². The second-order valence-electron chi connectivity index (χ2n) is 7.52. The molecule has 0 radical (unpaired) electrons. The Morgan fingerprint density at radius 1 is 1.25 bits per heavy atom. The summed E-state index contributed by atoms with van der Waals surface area (Å²) in [5.74, 6) is 0.864. The maximum Gasteiger partial charge on any atom is 0.0669 e. The fourth-order valence-corrected chi connectivity index (χ4v) is 4.64. The van der Waals surface area contributed by atoms with Crippen LogP contribution in [0.25, 0.3) is 0 Å². The van der Waals surface area contributed by atoms with Crippen LogP contribution in [0, 0.1) is 28.1 Å². The minimum absolute atomic E-state index is 0.373. The van der Waals surface area contributed by atoms with Crippen molar-refractivity contribution in [1.82, 2.24) is 0 Å². The normalized spacial score (nSPS) is 33.9. The van der Waals surface area contributed by atoms with Gasteiger partial charge in [0.1, 0.15) is 0 Å². The first-order valence-corrected chi connectivity index (χ1v) is 7.68. The van der Waals surface area contributed by atoms with Gasteiger partial charge in [0, 0.05) is 11.7 Å². The Balaban J connectivity index is 1.79. The van der Waals surface area contributed by atoms with E-state index in [1.54, 1.807) is 0 Å². The van der Waals surface area contributed by atoms with Crippen LogP contribution in [0.15, 0.2) is 24.3 Å². The molecular formula is C18H24N2. The number of nitrogens with zero attached hydrogens (tertiary/aromatic N) is 1. The van der Waals surface area contributed by atoms with Crippen LogP contribution in [0.4, 0.5) is 5.69 Å². The van der Waals surface area contributed by atoms with E-state index in [4.69, 9.17) is 5.26 Å². The summed E-state index contributed by atoms with van der Waals surface area (Å²) < 4.78 is 0. The third-order valence-corrected chi connectivity index (χ3v) is 5.82. The SMILES string of the molecule is CC1(C)C(Nc2ccc(CC#N)cc2)[C@]2(C)CC[C@H]1C2. The number of benzene rings is 1. The zero-order valence-electron chi connectivity index (χ0n) is 12.7. The molecule has 0 amide bonds.